The highest BCUT2D eigenvalue weighted by Crippen LogP contribution is 2.29. The highest BCUT2D eigenvalue weighted by molar-refractivity contribution is 7.08. The van der Waals surface area contributed by atoms with Crippen LogP contribution in [0.5, 0.6) is 0 Å². The number of hydrogen-bond acceptors (Lipinski definition) is 6. The second kappa shape index (κ2) is 5.40. The molecule has 0 bridgehead atoms. The van der Waals surface area contributed by atoms with Gasteiger partial charge in [0.25, 0.3) is 0 Å². The maximum absolute atomic E-state index is 9.52. The minimum absolute atomic E-state index is 0.156. The summed E-state index contributed by atoms with van der Waals surface area (Å²) < 4.78 is 5.24. The molecular formula is C13H17N3O2S. The van der Waals surface area contributed by atoms with Crippen LogP contribution in [0.15, 0.2) is 21.3 Å². The molecule has 6 heteroatoms. The Labute approximate surface area is 115 Å². The first-order chi connectivity index (χ1) is 9.31. The lowest BCUT2D eigenvalue weighted by Gasteiger charge is -2.27. The minimum atomic E-state index is -0.156. The van der Waals surface area contributed by atoms with Gasteiger partial charge in [0.2, 0.25) is 11.7 Å². The number of nitrogens with one attached hydrogen (secondary N) is 1. The van der Waals surface area contributed by atoms with Gasteiger partial charge in [-0.3, -0.25) is 0 Å². The van der Waals surface area contributed by atoms with E-state index in [1.165, 1.54) is 0 Å². The van der Waals surface area contributed by atoms with Crippen LogP contribution >= 0.6 is 11.3 Å². The van der Waals surface area contributed by atoms with E-state index < -0.39 is 0 Å². The molecule has 2 N–H and O–H groups in total. The predicted octanol–water partition coefficient (Wildman–Crippen LogP) is 2.19. The summed E-state index contributed by atoms with van der Waals surface area (Å²) in [5.74, 6) is 1.20. The molecule has 3 rings (SSSR count). The summed E-state index contributed by atoms with van der Waals surface area (Å²) in [6.45, 7) is 0.677. The number of rotatable bonds is 5. The van der Waals surface area contributed by atoms with Crippen molar-refractivity contribution in [3.8, 4) is 11.4 Å². The Hall–Kier alpha value is -1.24. The average molecular weight is 279 g/mol. The number of hydrogen-bond donors (Lipinski definition) is 2. The average Bonchev–Trinajstić information content (AvgIpc) is 3.17. The van der Waals surface area contributed by atoms with Crippen molar-refractivity contribution in [3.63, 3.8) is 0 Å². The van der Waals surface area contributed by atoms with Crippen molar-refractivity contribution in [1.29, 1.82) is 0 Å². The molecule has 0 unspecified atom stereocenters. The molecule has 1 saturated carbocycles. The van der Waals surface area contributed by atoms with Gasteiger partial charge in [-0.25, -0.2) is 0 Å². The molecular weight excluding hydrogens is 262 g/mol. The van der Waals surface area contributed by atoms with Gasteiger partial charge in [-0.05, 0) is 24.3 Å². The van der Waals surface area contributed by atoms with Crippen LogP contribution in [0.1, 0.15) is 31.6 Å². The minimum Gasteiger partial charge on any atom is -0.394 e. The lowest BCUT2D eigenvalue weighted by atomic mass is 9.99. The van der Waals surface area contributed by atoms with Gasteiger partial charge < -0.3 is 14.9 Å². The van der Waals surface area contributed by atoms with Crippen LogP contribution in [0, 0.1) is 0 Å². The van der Waals surface area contributed by atoms with Gasteiger partial charge in [-0.1, -0.05) is 18.0 Å². The van der Waals surface area contributed by atoms with Crippen LogP contribution in [0.4, 0.5) is 0 Å². The van der Waals surface area contributed by atoms with E-state index in [1.54, 1.807) is 11.3 Å². The van der Waals surface area contributed by atoms with E-state index in [2.05, 4.69) is 15.5 Å². The Kier molecular flexibility index (Phi) is 3.63. The summed E-state index contributed by atoms with van der Waals surface area (Å²) >= 11 is 1.61. The molecule has 2 aromatic rings. The Balaban J connectivity index is 1.64. The van der Waals surface area contributed by atoms with E-state index in [-0.39, 0.29) is 12.1 Å². The number of aliphatic hydroxyl groups is 1. The topological polar surface area (TPSA) is 71.2 Å². The molecule has 0 aliphatic heterocycles. The third-order valence-electron chi connectivity index (χ3n) is 3.73. The molecule has 19 heavy (non-hydrogen) atoms. The normalized spacial score (nSPS) is 17.9. The Morgan fingerprint density at radius 1 is 1.42 bits per heavy atom. The largest absolute Gasteiger partial charge is 0.394 e. The van der Waals surface area contributed by atoms with Crippen LogP contribution in [0.2, 0.25) is 0 Å². The third kappa shape index (κ3) is 2.70. The molecule has 1 aliphatic carbocycles. The predicted molar refractivity (Wildman–Crippen MR) is 72.7 cm³/mol. The highest BCUT2D eigenvalue weighted by atomic mass is 32.1. The summed E-state index contributed by atoms with van der Waals surface area (Å²) in [6.07, 6.45) is 4.35. The molecule has 2 aromatic heterocycles. The first kappa shape index (κ1) is 12.8. The van der Waals surface area contributed by atoms with Crippen LogP contribution in [0.3, 0.4) is 0 Å². The molecule has 0 aromatic carbocycles. The maximum Gasteiger partial charge on any atom is 0.240 e. The highest BCUT2D eigenvalue weighted by Gasteiger charge is 2.32. The zero-order valence-corrected chi connectivity index (χ0v) is 11.4. The van der Waals surface area contributed by atoms with E-state index in [0.717, 1.165) is 31.2 Å². The summed E-state index contributed by atoms with van der Waals surface area (Å²) in [5, 5.41) is 20.9. The van der Waals surface area contributed by atoms with E-state index in [4.69, 9.17) is 4.52 Å². The van der Waals surface area contributed by atoms with E-state index >= 15 is 0 Å². The maximum atomic E-state index is 9.52. The molecule has 102 valence electrons. The van der Waals surface area contributed by atoms with Gasteiger partial charge in [0, 0.05) is 16.5 Å². The smallest absolute Gasteiger partial charge is 0.240 e. The second-order valence-electron chi connectivity index (χ2n) is 5.02. The van der Waals surface area contributed by atoms with Crippen molar-refractivity contribution in [3.05, 3.63) is 22.7 Å². The van der Waals surface area contributed by atoms with Crippen molar-refractivity contribution < 1.29 is 9.63 Å². The van der Waals surface area contributed by atoms with Gasteiger partial charge in [-0.15, -0.1) is 0 Å². The van der Waals surface area contributed by atoms with E-state index in [9.17, 15) is 5.11 Å². The van der Waals surface area contributed by atoms with Crippen LogP contribution < -0.4 is 5.32 Å². The zero-order valence-electron chi connectivity index (χ0n) is 10.6. The molecule has 1 fully saturated rings. The first-order valence-electron chi connectivity index (χ1n) is 6.52. The van der Waals surface area contributed by atoms with Crippen molar-refractivity contribution in [2.24, 2.45) is 0 Å². The van der Waals surface area contributed by atoms with Crippen molar-refractivity contribution in [2.75, 3.05) is 6.61 Å². The Morgan fingerprint density at radius 2 is 2.26 bits per heavy atom. The molecule has 0 radical (unpaired) electrons. The fraction of sp³-hybridized carbons (Fsp3) is 0.538. The first-order valence-corrected chi connectivity index (χ1v) is 7.47. The number of aliphatic hydroxyl groups excluding tert-OH is 1. The van der Waals surface area contributed by atoms with Gasteiger partial charge in [0.15, 0.2) is 0 Å². The molecule has 1 aliphatic rings. The summed E-state index contributed by atoms with van der Waals surface area (Å²) in [4.78, 5) is 4.36. The van der Waals surface area contributed by atoms with Gasteiger partial charge in [0.05, 0.1) is 13.2 Å². The SMILES string of the molecule is OCC1(NCc2nc(-c3ccsc3)no2)CCCC1. The monoisotopic (exact) mass is 279 g/mol. The molecule has 0 spiro atoms. The third-order valence-corrected chi connectivity index (χ3v) is 4.41. The lowest BCUT2D eigenvalue weighted by Crippen LogP contribution is -2.45. The summed E-state index contributed by atoms with van der Waals surface area (Å²) in [6, 6.07) is 1.97. The molecule has 0 atom stereocenters. The summed E-state index contributed by atoms with van der Waals surface area (Å²) in [7, 11) is 0. The number of aromatic nitrogens is 2. The lowest BCUT2D eigenvalue weighted by molar-refractivity contribution is 0.158. The molecule has 5 nitrogen and oxygen atoms in total. The quantitative estimate of drug-likeness (QED) is 0.878. The van der Waals surface area contributed by atoms with Gasteiger partial charge in [-0.2, -0.15) is 16.3 Å². The summed E-state index contributed by atoms with van der Waals surface area (Å²) in [5.41, 5.74) is 0.828. The van der Waals surface area contributed by atoms with Crippen molar-refractivity contribution in [1.82, 2.24) is 15.5 Å². The number of nitrogens with zero attached hydrogens (tertiary/aromatic N) is 2. The van der Waals surface area contributed by atoms with Gasteiger partial charge in [0.1, 0.15) is 0 Å². The second-order valence-corrected chi connectivity index (χ2v) is 5.80. The van der Waals surface area contributed by atoms with Crippen LogP contribution in [-0.4, -0.2) is 27.4 Å². The van der Waals surface area contributed by atoms with E-state index in [0.29, 0.717) is 18.3 Å². The van der Waals surface area contributed by atoms with Gasteiger partial charge >= 0.3 is 0 Å². The van der Waals surface area contributed by atoms with E-state index in [1.807, 2.05) is 16.8 Å². The Morgan fingerprint density at radius 3 is 2.95 bits per heavy atom. The molecule has 2 heterocycles. The number of thiophene rings is 1. The molecule has 0 amide bonds. The van der Waals surface area contributed by atoms with Crippen molar-refractivity contribution >= 4 is 11.3 Å². The fourth-order valence-corrected chi connectivity index (χ4v) is 3.18. The zero-order chi connectivity index (χ0) is 13.1. The Bertz CT molecular complexity index is 518. The molecule has 0 saturated heterocycles. The standard InChI is InChI=1S/C13H17N3O2S/c17-9-13(4-1-2-5-13)14-7-11-15-12(16-18-11)10-3-6-19-8-10/h3,6,8,14,17H,1-2,4-5,7,9H2. The van der Waals surface area contributed by atoms with Crippen molar-refractivity contribution in [2.45, 2.75) is 37.8 Å². The van der Waals surface area contributed by atoms with Crippen LogP contribution in [0.25, 0.3) is 11.4 Å². The fourth-order valence-electron chi connectivity index (χ4n) is 2.54. The van der Waals surface area contributed by atoms with Crippen LogP contribution in [-0.2, 0) is 6.54 Å².